The summed E-state index contributed by atoms with van der Waals surface area (Å²) in [4.78, 5) is 50.6. The maximum Gasteiger partial charge on any atom is 0.322 e. The topological polar surface area (TPSA) is 120 Å². The average Bonchev–Trinajstić information content (AvgIpc) is 3.15. The maximum atomic E-state index is 12.8. The van der Waals surface area contributed by atoms with Crippen molar-refractivity contribution in [1.29, 1.82) is 0 Å². The first-order chi connectivity index (χ1) is 13.8. The minimum Gasteiger partial charge on any atom is -0.354 e. The molecule has 1 aliphatic heterocycles. The summed E-state index contributed by atoms with van der Waals surface area (Å²) < 4.78 is 0. The predicted octanol–water partition coefficient (Wildman–Crippen LogP) is 2.48. The smallest absolute Gasteiger partial charge is 0.322 e. The maximum absolute atomic E-state index is 12.8. The number of Topliss-reactive ketones (excluding diaryl/α,β-unsaturated/α-hetero) is 1. The van der Waals surface area contributed by atoms with Gasteiger partial charge in [0.1, 0.15) is 11.7 Å². The Morgan fingerprint density at radius 1 is 1.14 bits per heavy atom. The second-order valence-electron chi connectivity index (χ2n) is 7.16. The van der Waals surface area contributed by atoms with Gasteiger partial charge in [-0.25, -0.2) is 4.79 Å². The van der Waals surface area contributed by atoms with Gasteiger partial charge in [0.2, 0.25) is 0 Å². The van der Waals surface area contributed by atoms with Gasteiger partial charge < -0.3 is 15.6 Å². The Morgan fingerprint density at radius 3 is 2.38 bits per heavy atom. The zero-order valence-corrected chi connectivity index (χ0v) is 16.6. The van der Waals surface area contributed by atoms with Gasteiger partial charge in [-0.15, -0.1) is 0 Å². The number of imide groups is 1. The molecule has 4 N–H and O–H groups in total. The molecule has 1 aromatic heterocycles. The summed E-state index contributed by atoms with van der Waals surface area (Å²) in [5.41, 5.74) is 3.88. The number of aryl methyl sites for hydroxylation is 1. The molecular formula is C21H24N4O4. The molecule has 1 aromatic carbocycles. The summed E-state index contributed by atoms with van der Waals surface area (Å²) in [6.07, 6.45) is 1.82. The third-order valence-corrected chi connectivity index (χ3v) is 4.88. The van der Waals surface area contributed by atoms with Gasteiger partial charge in [-0.2, -0.15) is 0 Å². The second kappa shape index (κ2) is 8.30. The molecule has 0 spiro atoms. The summed E-state index contributed by atoms with van der Waals surface area (Å²) >= 11 is 0. The van der Waals surface area contributed by atoms with Crippen molar-refractivity contribution < 1.29 is 19.2 Å². The van der Waals surface area contributed by atoms with Crippen LogP contribution < -0.4 is 16.0 Å². The van der Waals surface area contributed by atoms with Crippen LogP contribution in [0.1, 0.15) is 57.9 Å². The molecule has 8 nitrogen and oxygen atoms in total. The van der Waals surface area contributed by atoms with E-state index >= 15 is 0 Å². The number of H-pyrrole nitrogens is 1. The van der Waals surface area contributed by atoms with E-state index in [1.807, 2.05) is 6.92 Å². The number of benzene rings is 1. The Kier molecular flexibility index (Phi) is 5.81. The number of amides is 4. The van der Waals surface area contributed by atoms with Crippen molar-refractivity contribution >= 4 is 29.3 Å². The van der Waals surface area contributed by atoms with E-state index in [1.165, 1.54) is 6.92 Å². The average molecular weight is 396 g/mol. The molecule has 1 aliphatic rings. The Labute approximate surface area is 168 Å². The van der Waals surface area contributed by atoms with Crippen LogP contribution in [-0.2, 0) is 17.6 Å². The van der Waals surface area contributed by atoms with Gasteiger partial charge in [-0.05, 0) is 43.5 Å². The first kappa shape index (κ1) is 20.3. The number of carbonyl (C=O) groups excluding carboxylic acids is 4. The Bertz CT molecular complexity index is 975. The molecule has 2 aromatic rings. The van der Waals surface area contributed by atoms with Gasteiger partial charge in [0.15, 0.2) is 5.78 Å². The van der Waals surface area contributed by atoms with Crippen LogP contribution in [-0.4, -0.2) is 34.7 Å². The summed E-state index contributed by atoms with van der Waals surface area (Å²) in [5.74, 6) is -0.716. The van der Waals surface area contributed by atoms with Crippen molar-refractivity contribution in [2.75, 3.05) is 5.32 Å². The number of urea groups is 1. The fourth-order valence-electron chi connectivity index (χ4n) is 3.60. The van der Waals surface area contributed by atoms with Gasteiger partial charge >= 0.3 is 6.03 Å². The molecule has 1 atom stereocenters. The lowest BCUT2D eigenvalue weighted by Crippen LogP contribution is -2.31. The highest BCUT2D eigenvalue weighted by molar-refractivity contribution is 6.08. The first-order valence-electron chi connectivity index (χ1n) is 9.54. The summed E-state index contributed by atoms with van der Waals surface area (Å²) in [7, 11) is 0. The lowest BCUT2D eigenvalue weighted by atomic mass is 10.0. The van der Waals surface area contributed by atoms with Crippen molar-refractivity contribution in [2.24, 2.45) is 0 Å². The molecule has 152 valence electrons. The molecule has 8 heteroatoms. The summed E-state index contributed by atoms with van der Waals surface area (Å²) in [6.45, 7) is 5.29. The van der Waals surface area contributed by atoms with Gasteiger partial charge in [0, 0.05) is 23.4 Å². The number of rotatable bonds is 7. The normalized spacial score (nSPS) is 15.8. The number of nitrogens with one attached hydrogen (secondary N) is 4. The zero-order valence-electron chi connectivity index (χ0n) is 16.6. The van der Waals surface area contributed by atoms with Crippen LogP contribution in [0.4, 0.5) is 10.5 Å². The molecule has 0 bridgehead atoms. The van der Waals surface area contributed by atoms with Crippen LogP contribution >= 0.6 is 0 Å². The molecule has 1 fully saturated rings. The van der Waals surface area contributed by atoms with Crippen LogP contribution in [0.15, 0.2) is 24.3 Å². The highest BCUT2D eigenvalue weighted by Gasteiger charge is 2.29. The molecule has 0 aliphatic carbocycles. The zero-order chi connectivity index (χ0) is 21.1. The van der Waals surface area contributed by atoms with E-state index < -0.39 is 12.1 Å². The van der Waals surface area contributed by atoms with E-state index in [-0.39, 0.29) is 17.6 Å². The van der Waals surface area contributed by atoms with E-state index in [0.717, 1.165) is 17.5 Å². The third kappa shape index (κ3) is 4.37. The third-order valence-electron chi connectivity index (χ3n) is 4.88. The molecule has 1 saturated heterocycles. The second-order valence-corrected chi connectivity index (χ2v) is 7.16. The fraction of sp³-hybridized carbons (Fsp3) is 0.333. The van der Waals surface area contributed by atoms with Gasteiger partial charge in [-0.3, -0.25) is 19.7 Å². The number of ketones is 1. The quantitative estimate of drug-likeness (QED) is 0.424. The number of hydrogen-bond donors (Lipinski definition) is 4. The van der Waals surface area contributed by atoms with E-state index in [1.54, 1.807) is 31.2 Å². The van der Waals surface area contributed by atoms with Crippen molar-refractivity contribution in [1.82, 2.24) is 15.6 Å². The summed E-state index contributed by atoms with van der Waals surface area (Å²) in [5, 5.41) is 7.60. The van der Waals surface area contributed by atoms with Crippen molar-refractivity contribution in [3.05, 3.63) is 52.3 Å². The van der Waals surface area contributed by atoms with Crippen LogP contribution in [0, 0.1) is 6.92 Å². The number of anilines is 1. The standard InChI is InChI=1S/C21H24N4O4/c1-4-5-15-17(12(3)26)11(2)22-18(15)20(28)23-14-8-6-13(7-9-14)10-16-19(27)25-21(29)24-16/h6-9,16,22H,4-5,10H2,1-3H3,(H,23,28)(H2,24,25,27,29)/t16-/m0/s1. The van der Waals surface area contributed by atoms with Gasteiger partial charge in [0.05, 0.1) is 0 Å². The monoisotopic (exact) mass is 396 g/mol. The number of aromatic nitrogens is 1. The highest BCUT2D eigenvalue weighted by atomic mass is 16.2. The fourth-order valence-corrected chi connectivity index (χ4v) is 3.60. The van der Waals surface area contributed by atoms with E-state index in [4.69, 9.17) is 0 Å². The van der Waals surface area contributed by atoms with Crippen LogP contribution in [0.3, 0.4) is 0 Å². The lowest BCUT2D eigenvalue weighted by molar-refractivity contribution is -0.120. The SMILES string of the molecule is CCCc1c(C(=O)Nc2ccc(C[C@@H]3NC(=O)NC3=O)cc2)[nH]c(C)c1C(C)=O. The molecule has 4 amide bonds. The molecule has 0 unspecified atom stereocenters. The minimum atomic E-state index is -0.591. The summed E-state index contributed by atoms with van der Waals surface area (Å²) in [6, 6.07) is 5.98. The molecule has 0 radical (unpaired) electrons. The molecular weight excluding hydrogens is 372 g/mol. The minimum absolute atomic E-state index is 0.0614. The number of aromatic amines is 1. The van der Waals surface area contributed by atoms with Crippen LogP contribution in [0.25, 0.3) is 0 Å². The predicted molar refractivity (Wildman–Crippen MR) is 108 cm³/mol. The number of hydrogen-bond acceptors (Lipinski definition) is 4. The van der Waals surface area contributed by atoms with Gasteiger partial charge in [0.25, 0.3) is 11.8 Å². The Balaban J connectivity index is 1.73. The van der Waals surface area contributed by atoms with Gasteiger partial charge in [-0.1, -0.05) is 25.5 Å². The Morgan fingerprint density at radius 2 is 1.83 bits per heavy atom. The van der Waals surface area contributed by atoms with Crippen molar-refractivity contribution in [3.63, 3.8) is 0 Å². The van der Waals surface area contributed by atoms with Crippen molar-refractivity contribution in [2.45, 2.75) is 46.1 Å². The Hall–Kier alpha value is -3.42. The van der Waals surface area contributed by atoms with E-state index in [9.17, 15) is 19.2 Å². The first-order valence-corrected chi connectivity index (χ1v) is 9.54. The van der Waals surface area contributed by atoms with E-state index in [0.29, 0.717) is 35.5 Å². The molecule has 2 heterocycles. The molecule has 29 heavy (non-hydrogen) atoms. The van der Waals surface area contributed by atoms with Crippen molar-refractivity contribution in [3.8, 4) is 0 Å². The van der Waals surface area contributed by atoms with Crippen LogP contribution in [0.2, 0.25) is 0 Å². The lowest BCUT2D eigenvalue weighted by Gasteiger charge is -2.10. The highest BCUT2D eigenvalue weighted by Crippen LogP contribution is 2.23. The van der Waals surface area contributed by atoms with E-state index in [2.05, 4.69) is 20.9 Å². The largest absolute Gasteiger partial charge is 0.354 e. The van der Waals surface area contributed by atoms with Crippen LogP contribution in [0.5, 0.6) is 0 Å². The molecule has 3 rings (SSSR count). The molecule has 0 saturated carbocycles. The number of carbonyl (C=O) groups is 4.